The summed E-state index contributed by atoms with van der Waals surface area (Å²) in [5.74, 6) is -0.204. The lowest BCUT2D eigenvalue weighted by Crippen LogP contribution is -2.46. The van der Waals surface area contributed by atoms with E-state index in [1.54, 1.807) is 12.1 Å². The molecule has 2 rings (SSSR count). The van der Waals surface area contributed by atoms with Gasteiger partial charge in [-0.05, 0) is 43.0 Å². The lowest BCUT2D eigenvalue weighted by molar-refractivity contribution is -0.145. The largest absolute Gasteiger partial charge is 0.480 e. The molecule has 0 saturated carbocycles. The Balaban J connectivity index is 2.06. The standard InChI is InChI=1S/C16H20N2O2/c1-2-12-7-8-18(15(9-12)16(19)20)11-14-5-3-13(10-17)4-6-14/h3-6,12,15H,2,7-9,11H2,1H3,(H,19,20). The first-order valence-corrected chi connectivity index (χ1v) is 7.10. The molecule has 1 saturated heterocycles. The number of carboxylic acids is 1. The van der Waals surface area contributed by atoms with E-state index in [4.69, 9.17) is 5.26 Å². The topological polar surface area (TPSA) is 64.3 Å². The monoisotopic (exact) mass is 272 g/mol. The minimum atomic E-state index is -0.725. The van der Waals surface area contributed by atoms with Crippen molar-refractivity contribution in [2.45, 2.75) is 38.8 Å². The van der Waals surface area contributed by atoms with Crippen LogP contribution in [0.15, 0.2) is 24.3 Å². The van der Waals surface area contributed by atoms with Crippen LogP contribution in [0.1, 0.15) is 37.3 Å². The SMILES string of the molecule is CCC1CCN(Cc2ccc(C#N)cc2)C(C(=O)O)C1. The van der Waals surface area contributed by atoms with Crippen molar-refractivity contribution in [3.05, 3.63) is 35.4 Å². The molecule has 106 valence electrons. The van der Waals surface area contributed by atoms with Gasteiger partial charge >= 0.3 is 5.97 Å². The van der Waals surface area contributed by atoms with E-state index in [-0.39, 0.29) is 6.04 Å². The second-order valence-corrected chi connectivity index (χ2v) is 5.43. The predicted octanol–water partition coefficient (Wildman–Crippen LogP) is 2.63. The zero-order valence-corrected chi connectivity index (χ0v) is 11.7. The van der Waals surface area contributed by atoms with E-state index in [0.717, 1.165) is 31.4 Å². The van der Waals surface area contributed by atoms with Gasteiger partial charge in [0.25, 0.3) is 0 Å². The lowest BCUT2D eigenvalue weighted by Gasteiger charge is -2.36. The van der Waals surface area contributed by atoms with Gasteiger partial charge in [-0.2, -0.15) is 5.26 Å². The maximum absolute atomic E-state index is 11.4. The molecule has 1 heterocycles. The molecule has 0 aromatic heterocycles. The molecular formula is C16H20N2O2. The second-order valence-electron chi connectivity index (χ2n) is 5.43. The van der Waals surface area contributed by atoms with Crippen LogP contribution in [0.5, 0.6) is 0 Å². The van der Waals surface area contributed by atoms with Gasteiger partial charge in [-0.25, -0.2) is 0 Å². The van der Waals surface area contributed by atoms with Crippen molar-refractivity contribution in [1.82, 2.24) is 4.90 Å². The average molecular weight is 272 g/mol. The van der Waals surface area contributed by atoms with Crippen LogP contribution in [0.4, 0.5) is 0 Å². The molecule has 2 unspecified atom stereocenters. The summed E-state index contributed by atoms with van der Waals surface area (Å²) in [4.78, 5) is 13.5. The molecular weight excluding hydrogens is 252 g/mol. The summed E-state index contributed by atoms with van der Waals surface area (Å²) in [6, 6.07) is 9.08. The lowest BCUT2D eigenvalue weighted by atomic mass is 9.88. The summed E-state index contributed by atoms with van der Waals surface area (Å²) in [6.07, 6.45) is 2.85. The summed E-state index contributed by atoms with van der Waals surface area (Å²) in [7, 11) is 0. The van der Waals surface area contributed by atoms with Crippen molar-refractivity contribution in [1.29, 1.82) is 5.26 Å². The summed E-state index contributed by atoms with van der Waals surface area (Å²) < 4.78 is 0. The third kappa shape index (κ3) is 3.37. The van der Waals surface area contributed by atoms with Crippen molar-refractivity contribution in [2.24, 2.45) is 5.92 Å². The van der Waals surface area contributed by atoms with Gasteiger partial charge in [0.15, 0.2) is 0 Å². The number of nitriles is 1. The van der Waals surface area contributed by atoms with Crippen LogP contribution in [0.2, 0.25) is 0 Å². The zero-order chi connectivity index (χ0) is 14.5. The van der Waals surface area contributed by atoms with Crippen LogP contribution in [0.25, 0.3) is 0 Å². The smallest absolute Gasteiger partial charge is 0.320 e. The molecule has 20 heavy (non-hydrogen) atoms. The molecule has 1 aliphatic rings. The maximum atomic E-state index is 11.4. The Morgan fingerprint density at radius 1 is 1.45 bits per heavy atom. The molecule has 0 bridgehead atoms. The summed E-state index contributed by atoms with van der Waals surface area (Å²) in [5.41, 5.74) is 1.69. The van der Waals surface area contributed by atoms with Gasteiger partial charge in [0.2, 0.25) is 0 Å². The Labute approximate surface area is 119 Å². The average Bonchev–Trinajstić information content (AvgIpc) is 2.48. The molecule has 4 nitrogen and oxygen atoms in total. The minimum absolute atomic E-state index is 0.385. The molecule has 1 fully saturated rings. The number of piperidine rings is 1. The van der Waals surface area contributed by atoms with Crippen molar-refractivity contribution >= 4 is 5.97 Å². The number of aliphatic carboxylic acids is 1. The van der Waals surface area contributed by atoms with Gasteiger partial charge < -0.3 is 5.11 Å². The van der Waals surface area contributed by atoms with Crippen LogP contribution < -0.4 is 0 Å². The van der Waals surface area contributed by atoms with Gasteiger partial charge in [-0.15, -0.1) is 0 Å². The highest BCUT2D eigenvalue weighted by atomic mass is 16.4. The van der Waals surface area contributed by atoms with Crippen LogP contribution in [-0.2, 0) is 11.3 Å². The molecule has 0 amide bonds. The number of rotatable bonds is 4. The molecule has 0 spiro atoms. The van der Waals surface area contributed by atoms with Gasteiger partial charge in [0, 0.05) is 6.54 Å². The third-order valence-electron chi connectivity index (χ3n) is 4.15. The van der Waals surface area contributed by atoms with Gasteiger partial charge in [-0.3, -0.25) is 9.69 Å². The van der Waals surface area contributed by atoms with E-state index in [9.17, 15) is 9.90 Å². The number of carboxylic acid groups (broad SMARTS) is 1. The molecule has 2 atom stereocenters. The first kappa shape index (κ1) is 14.5. The Morgan fingerprint density at radius 3 is 2.70 bits per heavy atom. The van der Waals surface area contributed by atoms with Crippen molar-refractivity contribution in [3.8, 4) is 6.07 Å². The molecule has 1 aliphatic heterocycles. The number of hydrogen-bond donors (Lipinski definition) is 1. The van der Waals surface area contributed by atoms with E-state index in [2.05, 4.69) is 13.0 Å². The summed E-state index contributed by atoms with van der Waals surface area (Å²) in [6.45, 7) is 3.59. The highest BCUT2D eigenvalue weighted by Gasteiger charge is 2.32. The van der Waals surface area contributed by atoms with Crippen molar-refractivity contribution in [2.75, 3.05) is 6.54 Å². The number of carbonyl (C=O) groups is 1. The van der Waals surface area contributed by atoms with Crippen molar-refractivity contribution in [3.63, 3.8) is 0 Å². The molecule has 1 aromatic rings. The van der Waals surface area contributed by atoms with Crippen LogP contribution in [0.3, 0.4) is 0 Å². The van der Waals surface area contributed by atoms with Crippen LogP contribution in [-0.4, -0.2) is 28.6 Å². The quantitative estimate of drug-likeness (QED) is 0.915. The Kier molecular flexibility index (Phi) is 4.75. The first-order chi connectivity index (χ1) is 9.63. The van der Waals surface area contributed by atoms with E-state index >= 15 is 0 Å². The maximum Gasteiger partial charge on any atom is 0.320 e. The van der Waals surface area contributed by atoms with Gasteiger partial charge in [-0.1, -0.05) is 25.5 Å². The molecule has 1 aromatic carbocycles. The highest BCUT2D eigenvalue weighted by Crippen LogP contribution is 2.26. The Morgan fingerprint density at radius 2 is 2.15 bits per heavy atom. The first-order valence-electron chi connectivity index (χ1n) is 7.10. The number of hydrogen-bond acceptors (Lipinski definition) is 3. The van der Waals surface area contributed by atoms with E-state index in [1.165, 1.54) is 0 Å². The van der Waals surface area contributed by atoms with Crippen LogP contribution in [0, 0.1) is 17.2 Å². The Hall–Kier alpha value is -1.86. The second kappa shape index (κ2) is 6.53. The number of nitrogens with zero attached hydrogens (tertiary/aromatic N) is 2. The normalized spacial score (nSPS) is 23.2. The number of likely N-dealkylation sites (tertiary alicyclic amines) is 1. The van der Waals surface area contributed by atoms with Crippen molar-refractivity contribution < 1.29 is 9.90 Å². The summed E-state index contributed by atoms with van der Waals surface area (Å²) in [5, 5.41) is 18.2. The predicted molar refractivity (Wildman–Crippen MR) is 76.0 cm³/mol. The molecule has 0 aliphatic carbocycles. The molecule has 4 heteroatoms. The van der Waals surface area contributed by atoms with Gasteiger partial charge in [0.05, 0.1) is 11.6 Å². The minimum Gasteiger partial charge on any atom is -0.480 e. The summed E-state index contributed by atoms with van der Waals surface area (Å²) >= 11 is 0. The fourth-order valence-electron chi connectivity index (χ4n) is 2.82. The van der Waals surface area contributed by atoms with Crippen LogP contribution >= 0.6 is 0 Å². The zero-order valence-electron chi connectivity index (χ0n) is 11.7. The van der Waals surface area contributed by atoms with Gasteiger partial charge in [0.1, 0.15) is 6.04 Å². The fraction of sp³-hybridized carbons (Fsp3) is 0.500. The van der Waals surface area contributed by atoms with E-state index in [1.807, 2.05) is 17.0 Å². The molecule has 0 radical (unpaired) electrons. The third-order valence-corrected chi connectivity index (χ3v) is 4.15. The highest BCUT2D eigenvalue weighted by molar-refractivity contribution is 5.73. The Bertz CT molecular complexity index is 504. The van der Waals surface area contributed by atoms with E-state index < -0.39 is 5.97 Å². The van der Waals surface area contributed by atoms with E-state index in [0.29, 0.717) is 18.0 Å². The molecule has 1 N–H and O–H groups in total. The fourth-order valence-corrected chi connectivity index (χ4v) is 2.82. The number of benzene rings is 1.